The number of hydrogen-bond acceptors (Lipinski definition) is 6. The van der Waals surface area contributed by atoms with Crippen molar-refractivity contribution in [3.8, 4) is 0 Å². The second-order valence-corrected chi connectivity index (χ2v) is 6.68. The third-order valence-electron chi connectivity index (χ3n) is 3.04. The van der Waals surface area contributed by atoms with Gasteiger partial charge < -0.3 is 10.6 Å². The van der Waals surface area contributed by atoms with Crippen molar-refractivity contribution in [3.05, 3.63) is 40.3 Å². The summed E-state index contributed by atoms with van der Waals surface area (Å²) < 4.78 is 1.14. The number of para-hydroxylation sites is 1. The Balaban J connectivity index is 1.67. The van der Waals surface area contributed by atoms with Crippen LogP contribution >= 0.6 is 22.7 Å². The number of anilines is 1. The molecule has 2 N–H and O–H groups in total. The van der Waals surface area contributed by atoms with Gasteiger partial charge in [0.2, 0.25) is 5.91 Å². The quantitative estimate of drug-likeness (QED) is 0.802. The Kier molecular flexibility index (Phi) is 3.85. The molecule has 108 valence electrons. The van der Waals surface area contributed by atoms with Crippen molar-refractivity contribution in [2.75, 3.05) is 12.8 Å². The number of nitrogen functional groups attached to an aromatic ring is 1. The summed E-state index contributed by atoms with van der Waals surface area (Å²) in [6.07, 6.45) is 0.273. The lowest BCUT2D eigenvalue weighted by atomic mass is 10.3. The zero-order valence-electron chi connectivity index (χ0n) is 11.4. The average Bonchev–Trinajstić information content (AvgIpc) is 3.04. The van der Waals surface area contributed by atoms with Crippen LogP contribution in [0.2, 0.25) is 0 Å². The van der Waals surface area contributed by atoms with E-state index in [0.717, 1.165) is 20.9 Å². The van der Waals surface area contributed by atoms with Crippen LogP contribution in [0.1, 0.15) is 10.7 Å². The number of nitrogens with zero attached hydrogens (tertiary/aromatic N) is 3. The molecule has 1 aromatic carbocycles. The number of hydrogen-bond donors (Lipinski definition) is 1. The van der Waals surface area contributed by atoms with Gasteiger partial charge in [0.15, 0.2) is 5.13 Å². The molecule has 0 saturated carbocycles. The molecule has 0 atom stereocenters. The van der Waals surface area contributed by atoms with E-state index < -0.39 is 0 Å². The van der Waals surface area contributed by atoms with Gasteiger partial charge in [0.1, 0.15) is 5.01 Å². The number of amides is 1. The minimum absolute atomic E-state index is 0.0135. The average molecular weight is 318 g/mol. The van der Waals surface area contributed by atoms with Crippen molar-refractivity contribution in [2.24, 2.45) is 0 Å². The molecule has 2 heterocycles. The maximum Gasteiger partial charge on any atom is 0.228 e. The Morgan fingerprint density at radius 3 is 2.86 bits per heavy atom. The highest BCUT2D eigenvalue weighted by Crippen LogP contribution is 2.22. The molecule has 0 radical (unpaired) electrons. The molecule has 0 spiro atoms. The number of fused-ring (bicyclic) bond motifs is 1. The Morgan fingerprint density at radius 2 is 2.14 bits per heavy atom. The molecule has 0 saturated heterocycles. The molecular formula is C14H14N4OS2. The van der Waals surface area contributed by atoms with E-state index >= 15 is 0 Å². The largest absolute Gasteiger partial charge is 0.375 e. The molecular weight excluding hydrogens is 304 g/mol. The van der Waals surface area contributed by atoms with Crippen molar-refractivity contribution >= 4 is 43.9 Å². The standard InChI is InChI=1S/C14H14N4OS2/c1-18(13(19)6-9-8-20-14(15)16-9)7-12-17-10-4-2-3-5-11(10)21-12/h2-5,8H,6-7H2,1H3,(H2,15,16). The molecule has 7 heteroatoms. The van der Waals surface area contributed by atoms with Gasteiger partial charge in [-0.1, -0.05) is 12.1 Å². The smallest absolute Gasteiger partial charge is 0.228 e. The molecule has 2 aromatic heterocycles. The van der Waals surface area contributed by atoms with Crippen LogP contribution in [0.5, 0.6) is 0 Å². The molecule has 1 amide bonds. The summed E-state index contributed by atoms with van der Waals surface area (Å²) in [5.41, 5.74) is 7.27. The molecule has 0 unspecified atom stereocenters. The molecule has 0 fully saturated rings. The summed E-state index contributed by atoms with van der Waals surface area (Å²) >= 11 is 2.97. The number of carbonyl (C=O) groups excluding carboxylic acids is 1. The van der Waals surface area contributed by atoms with Crippen molar-refractivity contribution in [1.82, 2.24) is 14.9 Å². The van der Waals surface area contributed by atoms with Gasteiger partial charge in [-0.3, -0.25) is 4.79 Å². The van der Waals surface area contributed by atoms with Crippen LogP contribution in [0, 0.1) is 0 Å². The summed E-state index contributed by atoms with van der Waals surface area (Å²) in [4.78, 5) is 22.5. The molecule has 21 heavy (non-hydrogen) atoms. The van der Waals surface area contributed by atoms with Crippen molar-refractivity contribution in [3.63, 3.8) is 0 Å². The van der Waals surface area contributed by atoms with Crippen LogP contribution in [0.3, 0.4) is 0 Å². The fourth-order valence-electron chi connectivity index (χ4n) is 1.97. The van der Waals surface area contributed by atoms with E-state index in [2.05, 4.69) is 9.97 Å². The normalized spacial score (nSPS) is 10.9. The topological polar surface area (TPSA) is 72.1 Å². The minimum atomic E-state index is 0.0135. The zero-order valence-corrected chi connectivity index (χ0v) is 13.1. The second kappa shape index (κ2) is 5.79. The van der Waals surface area contributed by atoms with Gasteiger partial charge in [-0.25, -0.2) is 9.97 Å². The maximum absolute atomic E-state index is 12.2. The lowest BCUT2D eigenvalue weighted by Gasteiger charge is -2.14. The molecule has 0 aliphatic carbocycles. The lowest BCUT2D eigenvalue weighted by Crippen LogP contribution is -2.27. The zero-order chi connectivity index (χ0) is 14.8. The Hall–Kier alpha value is -1.99. The fraction of sp³-hybridized carbons (Fsp3) is 0.214. The van der Waals surface area contributed by atoms with Crippen molar-refractivity contribution < 1.29 is 4.79 Å². The lowest BCUT2D eigenvalue weighted by molar-refractivity contribution is -0.129. The Bertz CT molecular complexity index is 747. The number of rotatable bonds is 4. The maximum atomic E-state index is 12.2. The van der Waals surface area contributed by atoms with E-state index in [1.54, 1.807) is 23.3 Å². The van der Waals surface area contributed by atoms with Crippen molar-refractivity contribution in [2.45, 2.75) is 13.0 Å². The van der Waals surface area contributed by atoms with Gasteiger partial charge in [-0.15, -0.1) is 22.7 Å². The number of carbonyl (C=O) groups is 1. The van der Waals surface area contributed by atoms with Gasteiger partial charge in [-0.05, 0) is 12.1 Å². The molecule has 0 aliphatic rings. The highest BCUT2D eigenvalue weighted by atomic mass is 32.1. The molecule has 3 aromatic rings. The van der Waals surface area contributed by atoms with Crippen LogP contribution in [-0.4, -0.2) is 27.8 Å². The van der Waals surface area contributed by atoms with Gasteiger partial charge in [0.25, 0.3) is 0 Å². The summed E-state index contributed by atoms with van der Waals surface area (Å²) in [5, 5.41) is 3.25. The first-order valence-corrected chi connectivity index (χ1v) is 8.10. The highest BCUT2D eigenvalue weighted by molar-refractivity contribution is 7.18. The van der Waals surface area contributed by atoms with Crippen LogP contribution in [0.15, 0.2) is 29.6 Å². The Labute approximate surface area is 130 Å². The molecule has 3 rings (SSSR count). The molecule has 0 aliphatic heterocycles. The number of nitrogens with two attached hydrogens (primary N) is 1. The van der Waals surface area contributed by atoms with Crippen LogP contribution in [-0.2, 0) is 17.8 Å². The number of thiazole rings is 2. The van der Waals surface area contributed by atoms with E-state index in [-0.39, 0.29) is 12.3 Å². The van der Waals surface area contributed by atoms with Gasteiger partial charge in [0.05, 0.1) is 28.9 Å². The number of aromatic nitrogens is 2. The monoisotopic (exact) mass is 318 g/mol. The van der Waals surface area contributed by atoms with E-state index in [0.29, 0.717) is 11.7 Å². The summed E-state index contributed by atoms with van der Waals surface area (Å²) in [6.45, 7) is 0.512. The van der Waals surface area contributed by atoms with Crippen molar-refractivity contribution in [1.29, 1.82) is 0 Å². The summed E-state index contributed by atoms with van der Waals surface area (Å²) in [7, 11) is 1.78. The van der Waals surface area contributed by atoms with E-state index in [4.69, 9.17) is 5.73 Å². The van der Waals surface area contributed by atoms with Gasteiger partial charge >= 0.3 is 0 Å². The fourth-order valence-corrected chi connectivity index (χ4v) is 3.56. The summed E-state index contributed by atoms with van der Waals surface area (Å²) in [6, 6.07) is 7.98. The highest BCUT2D eigenvalue weighted by Gasteiger charge is 2.14. The SMILES string of the molecule is CN(Cc1nc2ccccc2s1)C(=O)Cc1csc(N)n1. The molecule has 0 bridgehead atoms. The third kappa shape index (κ3) is 3.20. The first-order chi connectivity index (χ1) is 10.1. The van der Waals surface area contributed by atoms with Crippen LogP contribution in [0.25, 0.3) is 10.2 Å². The predicted molar refractivity (Wildman–Crippen MR) is 86.3 cm³/mol. The first kappa shape index (κ1) is 14.0. The number of likely N-dealkylation sites (N-methyl/N-ethyl adjacent to an activating group) is 1. The van der Waals surface area contributed by atoms with E-state index in [9.17, 15) is 4.79 Å². The van der Waals surface area contributed by atoms with Crippen LogP contribution < -0.4 is 5.73 Å². The summed E-state index contributed by atoms with van der Waals surface area (Å²) in [5.74, 6) is 0.0135. The number of benzene rings is 1. The predicted octanol–water partition coefficient (Wildman–Crippen LogP) is 2.54. The van der Waals surface area contributed by atoms with Gasteiger partial charge in [0, 0.05) is 12.4 Å². The Morgan fingerprint density at radius 1 is 1.33 bits per heavy atom. The van der Waals surface area contributed by atoms with E-state index in [1.807, 2.05) is 29.6 Å². The minimum Gasteiger partial charge on any atom is -0.375 e. The second-order valence-electron chi connectivity index (χ2n) is 4.68. The van der Waals surface area contributed by atoms with E-state index in [1.165, 1.54) is 11.3 Å². The van der Waals surface area contributed by atoms with Gasteiger partial charge in [-0.2, -0.15) is 0 Å². The van der Waals surface area contributed by atoms with Crippen LogP contribution in [0.4, 0.5) is 5.13 Å². The first-order valence-electron chi connectivity index (χ1n) is 6.40. The third-order valence-corrected chi connectivity index (χ3v) is 4.78. The molecule has 5 nitrogen and oxygen atoms in total.